The highest BCUT2D eigenvalue weighted by Gasteiger charge is 2.40. The highest BCUT2D eigenvalue weighted by Crippen LogP contribution is 2.39. The number of halogens is 2. The smallest absolute Gasteiger partial charge is 0.161 e. The lowest BCUT2D eigenvalue weighted by Crippen LogP contribution is -2.58. The third-order valence-electron chi connectivity index (χ3n) is 4.50. The molecule has 2 aliphatic rings. The minimum atomic E-state index is -0.370. The zero-order valence-electron chi connectivity index (χ0n) is 11.2. The van der Waals surface area contributed by atoms with E-state index in [1.165, 1.54) is 19.3 Å². The van der Waals surface area contributed by atoms with E-state index in [-0.39, 0.29) is 15.8 Å². The van der Waals surface area contributed by atoms with E-state index in [1.54, 1.807) is 12.1 Å². The Morgan fingerprint density at radius 1 is 1.45 bits per heavy atom. The van der Waals surface area contributed by atoms with Gasteiger partial charge in [0.15, 0.2) is 5.82 Å². The van der Waals surface area contributed by atoms with Crippen molar-refractivity contribution in [1.82, 2.24) is 5.32 Å². The van der Waals surface area contributed by atoms with E-state index in [0.29, 0.717) is 17.3 Å². The van der Waals surface area contributed by atoms with Crippen LogP contribution >= 0.6 is 15.9 Å². The normalized spacial score (nSPS) is 23.9. The van der Waals surface area contributed by atoms with Gasteiger partial charge in [0.1, 0.15) is 6.07 Å². The van der Waals surface area contributed by atoms with Gasteiger partial charge in [0, 0.05) is 11.6 Å². The Morgan fingerprint density at radius 3 is 2.90 bits per heavy atom. The van der Waals surface area contributed by atoms with Crippen molar-refractivity contribution >= 4 is 21.6 Å². The van der Waals surface area contributed by atoms with Gasteiger partial charge in [-0.2, -0.15) is 5.26 Å². The molecule has 1 spiro atoms. The molecule has 0 amide bonds. The first-order valence-electron chi connectivity index (χ1n) is 7.03. The zero-order chi connectivity index (χ0) is 14.2. The molecule has 106 valence electrons. The minimum Gasteiger partial charge on any atom is -0.380 e. The van der Waals surface area contributed by atoms with Crippen LogP contribution in [0.25, 0.3) is 0 Å². The fraction of sp³-hybridized carbons (Fsp3) is 0.533. The highest BCUT2D eigenvalue weighted by molar-refractivity contribution is 9.10. The number of benzene rings is 1. The molecule has 0 aromatic heterocycles. The van der Waals surface area contributed by atoms with E-state index in [1.807, 2.05) is 6.07 Å². The molecular formula is C15H17BrFN3. The Kier molecular flexibility index (Phi) is 3.70. The van der Waals surface area contributed by atoms with Gasteiger partial charge in [0.2, 0.25) is 0 Å². The average molecular weight is 338 g/mol. The van der Waals surface area contributed by atoms with Crippen molar-refractivity contribution in [3.63, 3.8) is 0 Å². The largest absolute Gasteiger partial charge is 0.380 e. The Hall–Kier alpha value is -1.12. The highest BCUT2D eigenvalue weighted by atomic mass is 79.9. The molecule has 1 aliphatic heterocycles. The lowest BCUT2D eigenvalue weighted by molar-refractivity contribution is 0.135. The molecule has 3 nitrogen and oxygen atoms in total. The fourth-order valence-corrected chi connectivity index (χ4v) is 3.67. The molecule has 1 saturated heterocycles. The van der Waals surface area contributed by atoms with Gasteiger partial charge in [0.25, 0.3) is 0 Å². The van der Waals surface area contributed by atoms with Gasteiger partial charge in [-0.15, -0.1) is 0 Å². The first-order chi connectivity index (χ1) is 9.63. The maximum absolute atomic E-state index is 14.2. The van der Waals surface area contributed by atoms with E-state index in [2.05, 4.69) is 26.6 Å². The zero-order valence-corrected chi connectivity index (χ0v) is 12.8. The molecule has 1 aromatic carbocycles. The molecule has 1 saturated carbocycles. The number of piperidine rings is 1. The van der Waals surface area contributed by atoms with Gasteiger partial charge in [-0.1, -0.05) is 0 Å². The van der Waals surface area contributed by atoms with E-state index >= 15 is 0 Å². The number of nitrogens with zero attached hydrogens (tertiary/aromatic N) is 1. The van der Waals surface area contributed by atoms with Crippen LogP contribution in [0.3, 0.4) is 0 Å². The molecule has 0 bridgehead atoms. The van der Waals surface area contributed by atoms with Gasteiger partial charge in [-0.25, -0.2) is 4.39 Å². The first kappa shape index (κ1) is 13.8. The molecular weight excluding hydrogens is 321 g/mol. The molecule has 20 heavy (non-hydrogen) atoms. The van der Waals surface area contributed by atoms with E-state index in [0.717, 1.165) is 19.4 Å². The number of hydrogen-bond acceptors (Lipinski definition) is 3. The van der Waals surface area contributed by atoms with Crippen LogP contribution < -0.4 is 10.6 Å². The molecule has 3 rings (SSSR count). The molecule has 5 heteroatoms. The number of anilines is 1. The van der Waals surface area contributed by atoms with Crippen molar-refractivity contribution in [1.29, 1.82) is 5.26 Å². The summed E-state index contributed by atoms with van der Waals surface area (Å²) in [6, 6.07) is 5.58. The second-order valence-corrected chi connectivity index (χ2v) is 6.59. The maximum atomic E-state index is 14.2. The molecule has 1 heterocycles. The van der Waals surface area contributed by atoms with E-state index < -0.39 is 0 Å². The predicted octanol–water partition coefficient (Wildman–Crippen LogP) is 3.55. The van der Waals surface area contributed by atoms with Gasteiger partial charge < -0.3 is 10.6 Å². The van der Waals surface area contributed by atoms with Crippen LogP contribution in [0, 0.1) is 17.1 Å². The Labute approximate surface area is 126 Å². The van der Waals surface area contributed by atoms with Crippen LogP contribution in [-0.4, -0.2) is 18.1 Å². The third-order valence-corrected chi connectivity index (χ3v) is 5.28. The standard InChI is InChI=1S/C15H17BrFN3/c16-13-10(9-18)2-3-12(14(13)17)20-11-4-7-19-15(8-11)5-1-6-15/h2-3,11,19-20H,1,4-8H2. The van der Waals surface area contributed by atoms with Gasteiger partial charge in [-0.3, -0.25) is 0 Å². The van der Waals surface area contributed by atoms with Crippen LogP contribution in [0.5, 0.6) is 0 Å². The second-order valence-electron chi connectivity index (χ2n) is 5.80. The second kappa shape index (κ2) is 5.34. The quantitative estimate of drug-likeness (QED) is 0.867. The summed E-state index contributed by atoms with van der Waals surface area (Å²) in [4.78, 5) is 0. The Morgan fingerprint density at radius 2 is 2.25 bits per heavy atom. The predicted molar refractivity (Wildman–Crippen MR) is 80.0 cm³/mol. The lowest BCUT2D eigenvalue weighted by atomic mass is 9.70. The Bertz CT molecular complexity index is 563. The number of hydrogen-bond donors (Lipinski definition) is 2. The molecule has 1 atom stereocenters. The molecule has 1 unspecified atom stereocenters. The summed E-state index contributed by atoms with van der Waals surface area (Å²) in [6.45, 7) is 0.983. The van der Waals surface area contributed by atoms with Crippen molar-refractivity contribution in [2.24, 2.45) is 0 Å². The maximum Gasteiger partial charge on any atom is 0.161 e. The average Bonchev–Trinajstić information content (AvgIpc) is 2.43. The summed E-state index contributed by atoms with van der Waals surface area (Å²) in [6.07, 6.45) is 5.79. The molecule has 1 aliphatic carbocycles. The Balaban J connectivity index is 1.75. The van der Waals surface area contributed by atoms with Crippen LogP contribution in [-0.2, 0) is 0 Å². The molecule has 1 aromatic rings. The monoisotopic (exact) mass is 337 g/mol. The van der Waals surface area contributed by atoms with Crippen molar-refractivity contribution < 1.29 is 4.39 Å². The SMILES string of the molecule is N#Cc1ccc(NC2CCNC3(CCC3)C2)c(F)c1Br. The summed E-state index contributed by atoms with van der Waals surface area (Å²) >= 11 is 3.15. The van der Waals surface area contributed by atoms with Crippen molar-refractivity contribution in [3.8, 4) is 6.07 Å². The fourth-order valence-electron chi connectivity index (χ4n) is 3.23. The number of rotatable bonds is 2. The van der Waals surface area contributed by atoms with Crippen molar-refractivity contribution in [3.05, 3.63) is 28.0 Å². The van der Waals surface area contributed by atoms with Crippen LogP contribution in [0.2, 0.25) is 0 Å². The summed E-state index contributed by atoms with van der Waals surface area (Å²) in [5.41, 5.74) is 1.10. The van der Waals surface area contributed by atoms with Gasteiger partial charge >= 0.3 is 0 Å². The summed E-state index contributed by atoms with van der Waals surface area (Å²) < 4.78 is 14.5. The van der Waals surface area contributed by atoms with Crippen LogP contribution in [0.4, 0.5) is 10.1 Å². The van der Waals surface area contributed by atoms with Crippen LogP contribution in [0.15, 0.2) is 16.6 Å². The van der Waals surface area contributed by atoms with Crippen molar-refractivity contribution in [2.75, 3.05) is 11.9 Å². The molecule has 2 N–H and O–H groups in total. The lowest BCUT2D eigenvalue weighted by Gasteiger charge is -2.48. The summed E-state index contributed by atoms with van der Waals surface area (Å²) in [5.74, 6) is -0.370. The van der Waals surface area contributed by atoms with Crippen molar-refractivity contribution in [2.45, 2.75) is 43.7 Å². The minimum absolute atomic E-state index is 0.247. The third kappa shape index (κ3) is 2.43. The number of nitriles is 1. The number of nitrogens with one attached hydrogen (secondary N) is 2. The van der Waals surface area contributed by atoms with Crippen LogP contribution in [0.1, 0.15) is 37.7 Å². The van der Waals surface area contributed by atoms with E-state index in [4.69, 9.17) is 5.26 Å². The molecule has 0 radical (unpaired) electrons. The summed E-state index contributed by atoms with van der Waals surface area (Å²) in [7, 11) is 0. The van der Waals surface area contributed by atoms with Gasteiger partial charge in [-0.05, 0) is 66.7 Å². The topological polar surface area (TPSA) is 47.9 Å². The first-order valence-corrected chi connectivity index (χ1v) is 7.82. The summed E-state index contributed by atoms with van der Waals surface area (Å²) in [5, 5.41) is 15.8. The molecule has 2 fully saturated rings. The van der Waals surface area contributed by atoms with Gasteiger partial charge in [0.05, 0.1) is 15.7 Å². The van der Waals surface area contributed by atoms with E-state index in [9.17, 15) is 4.39 Å².